The van der Waals surface area contributed by atoms with Crippen molar-refractivity contribution in [2.24, 2.45) is 5.92 Å². The van der Waals surface area contributed by atoms with Crippen LogP contribution in [0, 0.1) is 19.8 Å². The van der Waals surface area contributed by atoms with Crippen LogP contribution in [0.5, 0.6) is 5.75 Å². The molecular formula is C18H23NO4. The van der Waals surface area contributed by atoms with Crippen LogP contribution in [0.4, 0.5) is 0 Å². The minimum Gasteiger partial charge on any atom is -0.492 e. The Morgan fingerprint density at radius 2 is 1.87 bits per heavy atom. The zero-order valence-electron chi connectivity index (χ0n) is 13.7. The van der Waals surface area contributed by atoms with E-state index in [0.29, 0.717) is 19.7 Å². The summed E-state index contributed by atoms with van der Waals surface area (Å²) in [4.78, 5) is 25.5. The van der Waals surface area contributed by atoms with Crippen molar-refractivity contribution in [3.63, 3.8) is 0 Å². The third-order valence-corrected chi connectivity index (χ3v) is 5.09. The molecule has 23 heavy (non-hydrogen) atoms. The lowest BCUT2D eigenvalue weighted by molar-refractivity contribution is -0.139. The lowest BCUT2D eigenvalue weighted by atomic mass is 9.91. The third-order valence-electron chi connectivity index (χ3n) is 5.09. The average molecular weight is 317 g/mol. The second-order valence-corrected chi connectivity index (χ2v) is 6.70. The van der Waals surface area contributed by atoms with E-state index in [1.54, 1.807) is 0 Å². The predicted molar refractivity (Wildman–Crippen MR) is 85.7 cm³/mol. The molecule has 1 unspecified atom stereocenters. The number of aryl methyl sites for hydroxylation is 2. The zero-order valence-corrected chi connectivity index (χ0v) is 13.7. The van der Waals surface area contributed by atoms with Crippen LogP contribution in [0.1, 0.15) is 41.9 Å². The van der Waals surface area contributed by atoms with Crippen LogP contribution in [0.25, 0.3) is 0 Å². The number of hydrogen-bond donors (Lipinski definition) is 1. The minimum absolute atomic E-state index is 0.112. The number of carbonyl (C=O) groups is 2. The minimum atomic E-state index is -0.751. The van der Waals surface area contributed by atoms with E-state index in [-0.39, 0.29) is 24.2 Å². The number of carboxylic acid groups (broad SMARTS) is 1. The van der Waals surface area contributed by atoms with Crippen molar-refractivity contribution in [1.82, 2.24) is 4.90 Å². The number of likely N-dealkylation sites (tertiary alicyclic amines) is 1. The Morgan fingerprint density at radius 3 is 2.52 bits per heavy atom. The van der Waals surface area contributed by atoms with Gasteiger partial charge in [-0.2, -0.15) is 0 Å². The summed E-state index contributed by atoms with van der Waals surface area (Å²) in [5, 5.41) is 8.87. The lowest BCUT2D eigenvalue weighted by Crippen LogP contribution is -2.41. The number of fused-ring (bicyclic) bond motifs is 1. The van der Waals surface area contributed by atoms with E-state index in [1.807, 2.05) is 24.8 Å². The molecule has 2 aliphatic rings. The standard InChI is InChI=1S/C18H23NO4/c1-11-7-14-15(10-23-16(14)8-12(11)2)18(22)19-5-3-13(4-6-19)9-17(20)21/h7-8,13,15H,3-6,9-10H2,1-2H3,(H,20,21). The van der Waals surface area contributed by atoms with Gasteiger partial charge in [-0.25, -0.2) is 0 Å². The van der Waals surface area contributed by atoms with Crippen molar-refractivity contribution < 1.29 is 19.4 Å². The second-order valence-electron chi connectivity index (χ2n) is 6.70. The number of amides is 1. The second kappa shape index (κ2) is 6.22. The van der Waals surface area contributed by atoms with E-state index in [9.17, 15) is 9.59 Å². The van der Waals surface area contributed by atoms with Crippen molar-refractivity contribution in [3.8, 4) is 5.75 Å². The maximum atomic E-state index is 12.8. The van der Waals surface area contributed by atoms with Crippen LogP contribution < -0.4 is 4.74 Å². The van der Waals surface area contributed by atoms with Crippen LogP contribution in [-0.2, 0) is 9.59 Å². The first-order valence-corrected chi connectivity index (χ1v) is 8.20. The molecule has 3 rings (SSSR count). The van der Waals surface area contributed by atoms with Crippen LogP contribution in [0.2, 0.25) is 0 Å². The van der Waals surface area contributed by atoms with E-state index >= 15 is 0 Å². The fraction of sp³-hybridized carbons (Fsp3) is 0.556. The van der Waals surface area contributed by atoms with Gasteiger partial charge in [0.15, 0.2) is 0 Å². The molecular weight excluding hydrogens is 294 g/mol. The maximum absolute atomic E-state index is 12.8. The maximum Gasteiger partial charge on any atom is 0.303 e. The summed E-state index contributed by atoms with van der Waals surface area (Å²) in [6.45, 7) is 5.79. The highest BCUT2D eigenvalue weighted by molar-refractivity contribution is 5.86. The van der Waals surface area contributed by atoms with Gasteiger partial charge in [0, 0.05) is 25.1 Å². The molecule has 0 radical (unpaired) electrons. The number of ether oxygens (including phenoxy) is 1. The van der Waals surface area contributed by atoms with Crippen LogP contribution >= 0.6 is 0 Å². The summed E-state index contributed by atoms with van der Waals surface area (Å²) in [6.07, 6.45) is 1.74. The summed E-state index contributed by atoms with van der Waals surface area (Å²) in [5.41, 5.74) is 3.34. The van der Waals surface area contributed by atoms with Gasteiger partial charge in [0.2, 0.25) is 5.91 Å². The summed E-state index contributed by atoms with van der Waals surface area (Å²) < 4.78 is 5.71. The highest BCUT2D eigenvalue weighted by atomic mass is 16.5. The van der Waals surface area contributed by atoms with Gasteiger partial charge in [-0.15, -0.1) is 0 Å². The largest absolute Gasteiger partial charge is 0.492 e. The van der Waals surface area contributed by atoms with Gasteiger partial charge in [0.05, 0.1) is 0 Å². The fourth-order valence-corrected chi connectivity index (χ4v) is 3.50. The van der Waals surface area contributed by atoms with E-state index < -0.39 is 5.97 Å². The summed E-state index contributed by atoms with van der Waals surface area (Å²) in [7, 11) is 0. The molecule has 124 valence electrons. The summed E-state index contributed by atoms with van der Waals surface area (Å²) in [6, 6.07) is 4.08. The Bertz CT molecular complexity index is 632. The topological polar surface area (TPSA) is 66.8 Å². The van der Waals surface area contributed by atoms with Gasteiger partial charge >= 0.3 is 5.97 Å². The molecule has 1 aromatic carbocycles. The summed E-state index contributed by atoms with van der Waals surface area (Å²) >= 11 is 0. The zero-order chi connectivity index (χ0) is 16.6. The monoisotopic (exact) mass is 317 g/mol. The normalized spacial score (nSPS) is 21.0. The van der Waals surface area contributed by atoms with Crippen LogP contribution in [0.3, 0.4) is 0 Å². The molecule has 5 heteroatoms. The number of benzene rings is 1. The quantitative estimate of drug-likeness (QED) is 0.930. The van der Waals surface area contributed by atoms with Crippen LogP contribution in [0.15, 0.2) is 12.1 Å². The first-order chi connectivity index (χ1) is 11.0. The van der Waals surface area contributed by atoms with Crippen molar-refractivity contribution in [1.29, 1.82) is 0 Å². The molecule has 1 N–H and O–H groups in total. The molecule has 5 nitrogen and oxygen atoms in total. The number of nitrogens with zero attached hydrogens (tertiary/aromatic N) is 1. The van der Waals surface area contributed by atoms with Gasteiger partial charge < -0.3 is 14.7 Å². The number of carboxylic acids is 1. The highest BCUT2D eigenvalue weighted by Gasteiger charge is 2.35. The third kappa shape index (κ3) is 3.19. The molecule has 0 spiro atoms. The van der Waals surface area contributed by atoms with Gasteiger partial charge in [-0.05, 0) is 49.8 Å². The van der Waals surface area contributed by atoms with E-state index in [4.69, 9.17) is 9.84 Å². The molecule has 0 bridgehead atoms. The molecule has 2 heterocycles. The smallest absolute Gasteiger partial charge is 0.303 e. The van der Waals surface area contributed by atoms with Gasteiger partial charge in [0.25, 0.3) is 0 Å². The van der Waals surface area contributed by atoms with E-state index in [1.165, 1.54) is 11.1 Å². The lowest BCUT2D eigenvalue weighted by Gasteiger charge is -2.32. The SMILES string of the molecule is Cc1cc2c(cc1C)C(C(=O)N1CCC(CC(=O)O)CC1)CO2. The first-order valence-electron chi connectivity index (χ1n) is 8.20. The first kappa shape index (κ1) is 15.8. The van der Waals surface area contributed by atoms with Gasteiger partial charge in [0.1, 0.15) is 18.3 Å². The molecule has 1 aromatic rings. The molecule has 1 fully saturated rings. The molecule has 1 saturated heterocycles. The van der Waals surface area contributed by atoms with Gasteiger partial charge in [-0.1, -0.05) is 6.07 Å². The van der Waals surface area contributed by atoms with E-state index in [2.05, 4.69) is 6.07 Å². The number of aliphatic carboxylic acids is 1. The highest BCUT2D eigenvalue weighted by Crippen LogP contribution is 2.37. The van der Waals surface area contributed by atoms with E-state index in [0.717, 1.165) is 24.2 Å². The molecule has 1 atom stereocenters. The Kier molecular flexibility index (Phi) is 4.28. The Balaban J connectivity index is 1.67. The Morgan fingerprint density at radius 1 is 1.22 bits per heavy atom. The Hall–Kier alpha value is -2.04. The molecule has 2 aliphatic heterocycles. The summed E-state index contributed by atoms with van der Waals surface area (Å²) in [5.74, 6) is 0.153. The number of carbonyl (C=O) groups excluding carboxylic acids is 1. The molecule has 1 amide bonds. The van der Waals surface area contributed by atoms with Crippen molar-refractivity contribution in [2.45, 2.75) is 39.0 Å². The molecule has 0 saturated carbocycles. The fourth-order valence-electron chi connectivity index (χ4n) is 3.50. The molecule has 0 aromatic heterocycles. The van der Waals surface area contributed by atoms with Crippen molar-refractivity contribution >= 4 is 11.9 Å². The predicted octanol–water partition coefficient (Wildman–Crippen LogP) is 2.49. The Labute approximate surface area is 136 Å². The number of hydrogen-bond acceptors (Lipinski definition) is 3. The number of rotatable bonds is 3. The van der Waals surface area contributed by atoms with Crippen molar-refractivity contribution in [2.75, 3.05) is 19.7 Å². The van der Waals surface area contributed by atoms with Crippen molar-refractivity contribution in [3.05, 3.63) is 28.8 Å². The average Bonchev–Trinajstić information content (AvgIpc) is 2.90. The molecule has 0 aliphatic carbocycles. The van der Waals surface area contributed by atoms with Gasteiger partial charge in [-0.3, -0.25) is 9.59 Å². The van der Waals surface area contributed by atoms with Crippen LogP contribution in [-0.4, -0.2) is 41.6 Å². The number of piperidine rings is 1.